The van der Waals surface area contributed by atoms with E-state index in [9.17, 15) is 0 Å². The molecule has 1 heterocycles. The number of aliphatic imine (C=N–C) groups is 1. The number of rotatable bonds is 7. The number of nitrogens with one attached hydrogen (secondary N) is 1. The molecule has 0 fully saturated rings. The highest BCUT2D eigenvalue weighted by molar-refractivity contribution is 7.09. The van der Waals surface area contributed by atoms with Crippen LogP contribution in [0.15, 0.2) is 34.6 Å². The first-order valence-electron chi connectivity index (χ1n) is 7.72. The van der Waals surface area contributed by atoms with Crippen molar-refractivity contribution in [1.82, 2.24) is 15.2 Å². The van der Waals surface area contributed by atoms with E-state index in [-0.39, 0.29) is 0 Å². The van der Waals surface area contributed by atoms with Gasteiger partial charge in [-0.25, -0.2) is 4.98 Å². The molecule has 1 aromatic heterocycles. The van der Waals surface area contributed by atoms with Crippen LogP contribution in [0.2, 0.25) is 0 Å². The Morgan fingerprint density at radius 1 is 1.38 bits per heavy atom. The molecule has 7 heteroatoms. The molecule has 0 aliphatic rings. The van der Waals surface area contributed by atoms with Crippen LogP contribution in [0.5, 0.6) is 11.5 Å². The van der Waals surface area contributed by atoms with Crippen molar-refractivity contribution < 1.29 is 9.47 Å². The number of nitrogens with zero attached hydrogens (tertiary/aromatic N) is 3. The monoisotopic (exact) mass is 348 g/mol. The number of hydrogen-bond donors (Lipinski definition) is 1. The lowest BCUT2D eigenvalue weighted by Crippen LogP contribution is -2.40. The number of hydrogen-bond acceptors (Lipinski definition) is 5. The van der Waals surface area contributed by atoms with Gasteiger partial charge < -0.3 is 19.7 Å². The Labute approximate surface area is 147 Å². The van der Waals surface area contributed by atoms with Gasteiger partial charge in [-0.05, 0) is 19.1 Å². The van der Waals surface area contributed by atoms with Crippen molar-refractivity contribution in [3.63, 3.8) is 0 Å². The molecule has 1 N–H and O–H groups in total. The lowest BCUT2D eigenvalue weighted by atomic mass is 10.3. The van der Waals surface area contributed by atoms with Gasteiger partial charge in [0, 0.05) is 25.5 Å². The van der Waals surface area contributed by atoms with Crippen molar-refractivity contribution in [3.05, 3.63) is 40.3 Å². The van der Waals surface area contributed by atoms with E-state index in [0.29, 0.717) is 13.2 Å². The van der Waals surface area contributed by atoms with E-state index in [0.717, 1.165) is 34.7 Å². The van der Waals surface area contributed by atoms with Crippen molar-refractivity contribution in [2.75, 3.05) is 34.4 Å². The first kappa shape index (κ1) is 18.1. The molecule has 2 rings (SSSR count). The van der Waals surface area contributed by atoms with E-state index in [1.165, 1.54) is 0 Å². The zero-order valence-corrected chi connectivity index (χ0v) is 15.4. The molecule has 0 unspecified atom stereocenters. The van der Waals surface area contributed by atoms with Crippen molar-refractivity contribution in [3.8, 4) is 11.5 Å². The minimum Gasteiger partial charge on any atom is -0.497 e. The Hall–Kier alpha value is -2.28. The van der Waals surface area contributed by atoms with Crippen LogP contribution in [0.3, 0.4) is 0 Å². The molecule has 130 valence electrons. The molecule has 0 radical (unpaired) electrons. The second-order valence-electron chi connectivity index (χ2n) is 5.22. The summed E-state index contributed by atoms with van der Waals surface area (Å²) in [6.45, 7) is 3.93. The molecular formula is C17H24N4O2S. The lowest BCUT2D eigenvalue weighted by molar-refractivity contribution is 0.316. The summed E-state index contributed by atoms with van der Waals surface area (Å²) in [5.41, 5.74) is 1.05. The number of aryl methyl sites for hydroxylation is 1. The van der Waals surface area contributed by atoms with E-state index in [4.69, 9.17) is 9.47 Å². The molecule has 0 spiro atoms. The van der Waals surface area contributed by atoms with Gasteiger partial charge in [0.1, 0.15) is 18.1 Å². The fourth-order valence-electron chi connectivity index (χ4n) is 2.21. The van der Waals surface area contributed by atoms with E-state index in [1.54, 1.807) is 25.5 Å². The van der Waals surface area contributed by atoms with Gasteiger partial charge in [0.05, 0.1) is 30.9 Å². The molecule has 0 saturated heterocycles. The Balaban J connectivity index is 1.76. The minimum absolute atomic E-state index is 0.538. The average Bonchev–Trinajstić information content (AvgIpc) is 2.99. The molecule has 0 saturated carbocycles. The van der Waals surface area contributed by atoms with Crippen LogP contribution in [0.4, 0.5) is 0 Å². The SMILES string of the molecule is CN=C(NCCOc1cccc(OC)c1)N(C)Cc1csc(C)n1. The van der Waals surface area contributed by atoms with Crippen molar-refractivity contribution in [2.45, 2.75) is 13.5 Å². The van der Waals surface area contributed by atoms with Crippen LogP contribution >= 0.6 is 11.3 Å². The predicted molar refractivity (Wildman–Crippen MR) is 98.2 cm³/mol. The van der Waals surface area contributed by atoms with Gasteiger partial charge in [-0.2, -0.15) is 0 Å². The maximum atomic E-state index is 5.72. The zero-order valence-electron chi connectivity index (χ0n) is 14.6. The topological polar surface area (TPSA) is 59.0 Å². The third-order valence-electron chi connectivity index (χ3n) is 3.33. The van der Waals surface area contributed by atoms with E-state index < -0.39 is 0 Å². The van der Waals surface area contributed by atoms with Gasteiger partial charge in [0.2, 0.25) is 0 Å². The summed E-state index contributed by atoms with van der Waals surface area (Å²) in [5, 5.41) is 6.44. The Bertz CT molecular complexity index is 672. The number of thiazole rings is 1. The second-order valence-corrected chi connectivity index (χ2v) is 6.28. The fourth-order valence-corrected chi connectivity index (χ4v) is 2.81. The third-order valence-corrected chi connectivity index (χ3v) is 4.16. The molecule has 0 amide bonds. The highest BCUT2D eigenvalue weighted by atomic mass is 32.1. The average molecular weight is 348 g/mol. The van der Waals surface area contributed by atoms with Gasteiger partial charge in [-0.1, -0.05) is 6.07 Å². The largest absolute Gasteiger partial charge is 0.497 e. The standard InChI is InChI=1S/C17H24N4O2S/c1-13-20-14(12-24-13)11-21(3)17(18-2)19-8-9-23-16-7-5-6-15(10-16)22-4/h5-7,10,12H,8-9,11H2,1-4H3,(H,18,19). The summed E-state index contributed by atoms with van der Waals surface area (Å²) in [6, 6.07) is 7.58. The Morgan fingerprint density at radius 3 is 2.83 bits per heavy atom. The number of ether oxygens (including phenoxy) is 2. The normalized spacial score (nSPS) is 11.2. The summed E-state index contributed by atoms with van der Waals surface area (Å²) in [6.07, 6.45) is 0. The van der Waals surface area contributed by atoms with Crippen LogP contribution in [-0.4, -0.2) is 50.2 Å². The first-order valence-corrected chi connectivity index (χ1v) is 8.60. The number of aromatic nitrogens is 1. The van der Waals surface area contributed by atoms with E-state index in [2.05, 4.69) is 20.7 Å². The second kappa shape index (κ2) is 9.12. The Morgan fingerprint density at radius 2 is 2.17 bits per heavy atom. The third kappa shape index (κ3) is 5.42. The molecule has 1 aromatic carbocycles. The van der Waals surface area contributed by atoms with E-state index >= 15 is 0 Å². The lowest BCUT2D eigenvalue weighted by Gasteiger charge is -2.21. The van der Waals surface area contributed by atoms with Gasteiger partial charge in [-0.15, -0.1) is 11.3 Å². The van der Waals surface area contributed by atoms with Gasteiger partial charge >= 0.3 is 0 Å². The van der Waals surface area contributed by atoms with Crippen molar-refractivity contribution >= 4 is 17.3 Å². The van der Waals surface area contributed by atoms with Crippen molar-refractivity contribution in [1.29, 1.82) is 0 Å². The fraction of sp³-hybridized carbons (Fsp3) is 0.412. The van der Waals surface area contributed by atoms with Crippen LogP contribution < -0.4 is 14.8 Å². The minimum atomic E-state index is 0.538. The molecule has 0 atom stereocenters. The summed E-state index contributed by atoms with van der Waals surface area (Å²) in [7, 11) is 5.41. The number of methoxy groups -OCH3 is 1. The molecular weight excluding hydrogens is 324 g/mol. The van der Waals surface area contributed by atoms with E-state index in [1.807, 2.05) is 43.1 Å². The molecule has 6 nitrogen and oxygen atoms in total. The van der Waals surface area contributed by atoms with Crippen molar-refractivity contribution in [2.24, 2.45) is 4.99 Å². The molecule has 0 bridgehead atoms. The summed E-state index contributed by atoms with van der Waals surface area (Å²) < 4.78 is 10.9. The quantitative estimate of drug-likeness (QED) is 0.473. The summed E-state index contributed by atoms with van der Waals surface area (Å²) in [5.74, 6) is 2.39. The van der Waals surface area contributed by atoms with Crippen LogP contribution in [0, 0.1) is 6.92 Å². The molecule has 24 heavy (non-hydrogen) atoms. The van der Waals surface area contributed by atoms with Gasteiger partial charge in [-0.3, -0.25) is 4.99 Å². The molecule has 0 aliphatic heterocycles. The van der Waals surface area contributed by atoms with Gasteiger partial charge in [0.15, 0.2) is 5.96 Å². The molecule has 2 aromatic rings. The Kier molecular flexibility index (Phi) is 6.87. The van der Waals surface area contributed by atoms with Crippen LogP contribution in [-0.2, 0) is 6.54 Å². The van der Waals surface area contributed by atoms with Crippen LogP contribution in [0.25, 0.3) is 0 Å². The van der Waals surface area contributed by atoms with Crippen LogP contribution in [0.1, 0.15) is 10.7 Å². The maximum Gasteiger partial charge on any atom is 0.193 e. The number of guanidine groups is 1. The first-order chi connectivity index (χ1) is 11.6. The predicted octanol–water partition coefficient (Wildman–Crippen LogP) is 2.55. The van der Waals surface area contributed by atoms with Gasteiger partial charge in [0.25, 0.3) is 0 Å². The zero-order chi connectivity index (χ0) is 17.4. The number of benzene rings is 1. The summed E-state index contributed by atoms with van der Waals surface area (Å²) in [4.78, 5) is 10.8. The molecule has 0 aliphatic carbocycles. The smallest absolute Gasteiger partial charge is 0.193 e. The summed E-state index contributed by atoms with van der Waals surface area (Å²) >= 11 is 1.66. The maximum absolute atomic E-state index is 5.72. The highest BCUT2D eigenvalue weighted by Crippen LogP contribution is 2.18. The highest BCUT2D eigenvalue weighted by Gasteiger charge is 2.08.